The summed E-state index contributed by atoms with van der Waals surface area (Å²) in [6, 6.07) is 4.83. The number of hydrogen-bond donors (Lipinski definition) is 2. The number of hydrogen-bond acceptors (Lipinski definition) is 4. The predicted octanol–water partition coefficient (Wildman–Crippen LogP) is 2.80. The minimum atomic E-state index is 0.414. The Morgan fingerprint density at radius 3 is 3.33 bits per heavy atom. The van der Waals surface area contributed by atoms with Crippen molar-refractivity contribution in [2.24, 2.45) is 0 Å². The van der Waals surface area contributed by atoms with Crippen LogP contribution in [0.4, 0.5) is 5.13 Å². The number of benzene rings is 1. The lowest BCUT2D eigenvalue weighted by atomic mass is 10.1. The minimum absolute atomic E-state index is 0.414. The van der Waals surface area contributed by atoms with E-state index >= 15 is 0 Å². The molecule has 0 radical (unpaired) electrons. The SMILES string of the molecule is C=C=CCNC1CCc2cc3sc(N)nc3cc21. The van der Waals surface area contributed by atoms with E-state index in [4.69, 9.17) is 5.73 Å². The summed E-state index contributed by atoms with van der Waals surface area (Å²) in [6.45, 7) is 4.38. The number of nitrogens with two attached hydrogens (primary N) is 1. The second-order valence-electron chi connectivity index (χ2n) is 4.48. The highest BCUT2D eigenvalue weighted by Crippen LogP contribution is 2.36. The molecule has 18 heavy (non-hydrogen) atoms. The molecule has 0 aliphatic heterocycles. The van der Waals surface area contributed by atoms with Gasteiger partial charge in [-0.25, -0.2) is 4.98 Å². The summed E-state index contributed by atoms with van der Waals surface area (Å²) in [4.78, 5) is 4.36. The van der Waals surface area contributed by atoms with Crippen LogP contribution in [-0.2, 0) is 6.42 Å². The first kappa shape index (κ1) is 11.5. The van der Waals surface area contributed by atoms with Gasteiger partial charge in [-0.05, 0) is 42.2 Å². The first-order valence-corrected chi connectivity index (χ1v) is 6.86. The van der Waals surface area contributed by atoms with Gasteiger partial charge in [-0.3, -0.25) is 0 Å². The van der Waals surface area contributed by atoms with Crippen LogP contribution in [0.1, 0.15) is 23.6 Å². The second kappa shape index (κ2) is 4.58. The van der Waals surface area contributed by atoms with Crippen molar-refractivity contribution < 1.29 is 0 Å². The van der Waals surface area contributed by atoms with Crippen LogP contribution in [0.3, 0.4) is 0 Å². The van der Waals surface area contributed by atoms with Crippen molar-refractivity contribution in [2.75, 3.05) is 12.3 Å². The summed E-state index contributed by atoms with van der Waals surface area (Å²) >= 11 is 1.56. The van der Waals surface area contributed by atoms with Gasteiger partial charge in [0.15, 0.2) is 5.13 Å². The zero-order valence-corrected chi connectivity index (χ0v) is 10.9. The Morgan fingerprint density at radius 2 is 2.50 bits per heavy atom. The van der Waals surface area contributed by atoms with Crippen LogP contribution in [0.5, 0.6) is 0 Å². The fourth-order valence-corrected chi connectivity index (χ4v) is 3.31. The molecule has 0 bridgehead atoms. The molecule has 92 valence electrons. The van der Waals surface area contributed by atoms with E-state index < -0.39 is 0 Å². The molecule has 4 heteroatoms. The maximum Gasteiger partial charge on any atom is 0.181 e. The van der Waals surface area contributed by atoms with Crippen LogP contribution in [-0.4, -0.2) is 11.5 Å². The van der Waals surface area contributed by atoms with E-state index in [9.17, 15) is 0 Å². The highest BCUT2D eigenvalue weighted by Gasteiger charge is 2.22. The average Bonchev–Trinajstić information content (AvgIpc) is 2.89. The number of nitrogens with one attached hydrogen (secondary N) is 1. The van der Waals surface area contributed by atoms with E-state index in [1.165, 1.54) is 15.8 Å². The van der Waals surface area contributed by atoms with E-state index in [0.29, 0.717) is 11.2 Å². The van der Waals surface area contributed by atoms with Gasteiger partial charge >= 0.3 is 0 Å². The smallest absolute Gasteiger partial charge is 0.181 e. The molecule has 0 fully saturated rings. The Hall–Kier alpha value is -1.61. The molecule has 1 atom stereocenters. The molecule has 0 saturated carbocycles. The standard InChI is InChI=1S/C14H15N3S/c1-2-3-6-16-11-5-4-9-7-13-12(8-10(9)11)17-14(15)18-13/h3,7-8,11,16H,1,4-6H2,(H2,15,17). The van der Waals surface area contributed by atoms with Crippen molar-refractivity contribution in [3.63, 3.8) is 0 Å². The highest BCUT2D eigenvalue weighted by molar-refractivity contribution is 7.22. The Morgan fingerprint density at radius 1 is 1.61 bits per heavy atom. The third-order valence-electron chi connectivity index (χ3n) is 3.35. The van der Waals surface area contributed by atoms with Crippen LogP contribution in [0.15, 0.2) is 30.5 Å². The average molecular weight is 257 g/mol. The summed E-state index contributed by atoms with van der Waals surface area (Å²) in [5.41, 5.74) is 12.3. The van der Waals surface area contributed by atoms with Gasteiger partial charge in [-0.2, -0.15) is 0 Å². The number of anilines is 1. The van der Waals surface area contributed by atoms with Crippen molar-refractivity contribution in [1.82, 2.24) is 10.3 Å². The van der Waals surface area contributed by atoms with Gasteiger partial charge in [0.05, 0.1) is 10.2 Å². The summed E-state index contributed by atoms with van der Waals surface area (Å²) in [5, 5.41) is 4.14. The van der Waals surface area contributed by atoms with E-state index in [1.54, 1.807) is 11.3 Å². The Bertz CT molecular complexity index is 638. The summed E-state index contributed by atoms with van der Waals surface area (Å²) in [5.74, 6) is 0. The fraction of sp³-hybridized carbons (Fsp3) is 0.286. The summed E-state index contributed by atoms with van der Waals surface area (Å²) in [6.07, 6.45) is 4.18. The number of aryl methyl sites for hydroxylation is 1. The minimum Gasteiger partial charge on any atom is -0.375 e. The largest absolute Gasteiger partial charge is 0.375 e. The molecule has 1 unspecified atom stereocenters. The molecule has 3 nitrogen and oxygen atoms in total. The Labute approximate surface area is 110 Å². The van der Waals surface area contributed by atoms with Crippen LogP contribution in [0.25, 0.3) is 10.2 Å². The highest BCUT2D eigenvalue weighted by atomic mass is 32.1. The number of rotatable bonds is 3. The second-order valence-corrected chi connectivity index (χ2v) is 5.54. The number of nitrogen functional groups attached to an aromatic ring is 1. The van der Waals surface area contributed by atoms with Gasteiger partial charge in [-0.15, -0.1) is 5.73 Å². The van der Waals surface area contributed by atoms with Crippen molar-refractivity contribution in [2.45, 2.75) is 18.9 Å². The summed E-state index contributed by atoms with van der Waals surface area (Å²) in [7, 11) is 0. The number of nitrogens with zero attached hydrogens (tertiary/aromatic N) is 1. The topological polar surface area (TPSA) is 50.9 Å². The van der Waals surface area contributed by atoms with E-state index in [-0.39, 0.29) is 0 Å². The first-order valence-electron chi connectivity index (χ1n) is 6.04. The van der Waals surface area contributed by atoms with Gasteiger partial charge in [0.25, 0.3) is 0 Å². The molecule has 1 aromatic heterocycles. The van der Waals surface area contributed by atoms with E-state index in [0.717, 1.165) is 24.9 Å². The van der Waals surface area contributed by atoms with Crippen LogP contribution in [0.2, 0.25) is 0 Å². The Balaban J connectivity index is 1.94. The molecular formula is C14H15N3S. The molecule has 3 rings (SSSR count). The molecule has 1 aromatic carbocycles. The van der Waals surface area contributed by atoms with Crippen LogP contribution < -0.4 is 11.1 Å². The lowest BCUT2D eigenvalue weighted by Gasteiger charge is -2.11. The molecule has 1 heterocycles. The van der Waals surface area contributed by atoms with Gasteiger partial charge in [0, 0.05) is 12.6 Å². The maximum absolute atomic E-state index is 5.75. The quantitative estimate of drug-likeness (QED) is 0.831. The van der Waals surface area contributed by atoms with E-state index in [2.05, 4.69) is 34.7 Å². The van der Waals surface area contributed by atoms with Crippen LogP contribution >= 0.6 is 11.3 Å². The zero-order valence-electron chi connectivity index (χ0n) is 10.1. The van der Waals surface area contributed by atoms with Gasteiger partial charge < -0.3 is 11.1 Å². The third kappa shape index (κ3) is 1.95. The Kier molecular flexibility index (Phi) is 2.92. The molecule has 0 spiro atoms. The number of aromatic nitrogens is 1. The molecule has 0 saturated heterocycles. The predicted molar refractivity (Wildman–Crippen MR) is 76.8 cm³/mol. The number of fused-ring (bicyclic) bond motifs is 2. The molecule has 1 aliphatic carbocycles. The van der Waals surface area contributed by atoms with Crippen molar-refractivity contribution in [1.29, 1.82) is 0 Å². The third-order valence-corrected chi connectivity index (χ3v) is 4.20. The molecular weight excluding hydrogens is 242 g/mol. The lowest BCUT2D eigenvalue weighted by Crippen LogP contribution is -2.18. The number of thiazole rings is 1. The first-order chi connectivity index (χ1) is 8.78. The van der Waals surface area contributed by atoms with Gasteiger partial charge in [0.1, 0.15) is 0 Å². The van der Waals surface area contributed by atoms with Crippen molar-refractivity contribution in [3.8, 4) is 0 Å². The monoisotopic (exact) mass is 257 g/mol. The van der Waals surface area contributed by atoms with Crippen molar-refractivity contribution in [3.05, 3.63) is 41.6 Å². The normalized spacial score (nSPS) is 17.7. The lowest BCUT2D eigenvalue weighted by molar-refractivity contribution is 0.564. The molecule has 3 N–H and O–H groups in total. The summed E-state index contributed by atoms with van der Waals surface area (Å²) < 4.78 is 1.19. The van der Waals surface area contributed by atoms with E-state index in [1.807, 2.05) is 6.08 Å². The van der Waals surface area contributed by atoms with Crippen molar-refractivity contribution >= 4 is 26.7 Å². The van der Waals surface area contributed by atoms with Crippen LogP contribution in [0, 0.1) is 0 Å². The molecule has 0 amide bonds. The van der Waals surface area contributed by atoms with Gasteiger partial charge in [-0.1, -0.05) is 17.9 Å². The molecule has 1 aliphatic rings. The maximum atomic E-state index is 5.75. The zero-order chi connectivity index (χ0) is 12.5. The van der Waals surface area contributed by atoms with Gasteiger partial charge in [0.2, 0.25) is 0 Å². The fourth-order valence-electron chi connectivity index (χ4n) is 2.53. The molecule has 2 aromatic rings.